The summed E-state index contributed by atoms with van der Waals surface area (Å²) in [6, 6.07) is 0. The summed E-state index contributed by atoms with van der Waals surface area (Å²) in [4.78, 5) is 33.3. The van der Waals surface area contributed by atoms with E-state index in [2.05, 4.69) is 0 Å². The summed E-state index contributed by atoms with van der Waals surface area (Å²) in [6.07, 6.45) is 1.89. The van der Waals surface area contributed by atoms with Crippen molar-refractivity contribution in [2.24, 2.45) is 5.41 Å². The zero-order valence-electron chi connectivity index (χ0n) is 6.76. The van der Waals surface area contributed by atoms with Crippen molar-refractivity contribution in [1.82, 2.24) is 0 Å². The zero-order chi connectivity index (χ0) is 8.77. The van der Waals surface area contributed by atoms with Gasteiger partial charge < -0.3 is 0 Å². The fourth-order valence-electron chi connectivity index (χ4n) is 2.05. The second kappa shape index (κ2) is 2.25. The number of hydrogen-bond acceptors (Lipinski definition) is 3. The molecule has 64 valence electrons. The molecule has 0 amide bonds. The molecule has 0 aromatic carbocycles. The molecule has 0 aromatic heterocycles. The SMILES string of the molecule is O=C1CCC2(CC1)C(=O)CC2=O. The summed E-state index contributed by atoms with van der Waals surface area (Å²) < 4.78 is 0. The van der Waals surface area contributed by atoms with E-state index in [1.54, 1.807) is 0 Å². The maximum atomic E-state index is 11.2. The molecule has 0 bridgehead atoms. The maximum absolute atomic E-state index is 11.2. The van der Waals surface area contributed by atoms with Gasteiger partial charge in [-0.1, -0.05) is 0 Å². The minimum Gasteiger partial charge on any atom is -0.300 e. The van der Waals surface area contributed by atoms with Gasteiger partial charge in [0.05, 0.1) is 11.8 Å². The Morgan fingerprint density at radius 1 is 0.917 bits per heavy atom. The average molecular weight is 166 g/mol. The second-order valence-electron chi connectivity index (χ2n) is 3.64. The van der Waals surface area contributed by atoms with Crippen LogP contribution in [0.3, 0.4) is 0 Å². The summed E-state index contributed by atoms with van der Waals surface area (Å²) in [5.41, 5.74) is -0.700. The first-order valence-electron chi connectivity index (χ1n) is 4.23. The third kappa shape index (κ3) is 0.792. The van der Waals surface area contributed by atoms with Crippen molar-refractivity contribution in [2.45, 2.75) is 32.1 Å². The lowest BCUT2D eigenvalue weighted by Crippen LogP contribution is -2.52. The van der Waals surface area contributed by atoms with Gasteiger partial charge in [-0.2, -0.15) is 0 Å². The quantitative estimate of drug-likeness (QED) is 0.496. The first-order valence-corrected chi connectivity index (χ1v) is 4.23. The van der Waals surface area contributed by atoms with Crippen LogP contribution in [-0.4, -0.2) is 17.3 Å². The molecule has 1 spiro atoms. The number of ketones is 3. The van der Waals surface area contributed by atoms with Crippen LogP contribution in [0.2, 0.25) is 0 Å². The predicted molar refractivity (Wildman–Crippen MR) is 40.5 cm³/mol. The van der Waals surface area contributed by atoms with Crippen molar-refractivity contribution in [3.63, 3.8) is 0 Å². The smallest absolute Gasteiger partial charge is 0.153 e. The minimum atomic E-state index is -0.700. The Morgan fingerprint density at radius 2 is 1.42 bits per heavy atom. The predicted octanol–water partition coefficient (Wildman–Crippen LogP) is 0.658. The fraction of sp³-hybridized carbons (Fsp3) is 0.667. The largest absolute Gasteiger partial charge is 0.300 e. The maximum Gasteiger partial charge on any atom is 0.153 e. The number of hydrogen-bond donors (Lipinski definition) is 0. The van der Waals surface area contributed by atoms with Gasteiger partial charge in [-0.3, -0.25) is 14.4 Å². The highest BCUT2D eigenvalue weighted by Crippen LogP contribution is 2.44. The van der Waals surface area contributed by atoms with E-state index in [0.29, 0.717) is 25.7 Å². The van der Waals surface area contributed by atoms with Crippen molar-refractivity contribution in [1.29, 1.82) is 0 Å². The van der Waals surface area contributed by atoms with Crippen molar-refractivity contribution < 1.29 is 14.4 Å². The van der Waals surface area contributed by atoms with Crippen LogP contribution in [0.4, 0.5) is 0 Å². The molecule has 0 N–H and O–H groups in total. The highest BCUT2D eigenvalue weighted by Gasteiger charge is 2.55. The van der Waals surface area contributed by atoms with E-state index in [0.717, 1.165) is 0 Å². The van der Waals surface area contributed by atoms with Gasteiger partial charge in [-0.15, -0.1) is 0 Å². The second-order valence-corrected chi connectivity index (χ2v) is 3.64. The van der Waals surface area contributed by atoms with Crippen LogP contribution in [0, 0.1) is 5.41 Å². The van der Waals surface area contributed by atoms with Gasteiger partial charge in [0.25, 0.3) is 0 Å². The summed E-state index contributed by atoms with van der Waals surface area (Å²) in [7, 11) is 0. The highest BCUT2D eigenvalue weighted by molar-refractivity contribution is 6.25. The molecule has 2 saturated carbocycles. The first kappa shape index (κ1) is 7.65. The molecule has 0 unspecified atom stereocenters. The van der Waals surface area contributed by atoms with Gasteiger partial charge in [-0.25, -0.2) is 0 Å². The molecule has 0 heterocycles. The van der Waals surface area contributed by atoms with E-state index in [1.165, 1.54) is 0 Å². The monoisotopic (exact) mass is 166 g/mol. The summed E-state index contributed by atoms with van der Waals surface area (Å²) >= 11 is 0. The molecule has 2 fully saturated rings. The minimum absolute atomic E-state index is 0.0556. The van der Waals surface area contributed by atoms with Crippen LogP contribution in [0.1, 0.15) is 32.1 Å². The lowest BCUT2D eigenvalue weighted by molar-refractivity contribution is -0.156. The van der Waals surface area contributed by atoms with Crippen LogP contribution in [-0.2, 0) is 14.4 Å². The standard InChI is InChI=1S/C9H10O3/c10-6-1-3-9(4-2-6)7(11)5-8(9)12/h1-5H2. The van der Waals surface area contributed by atoms with Crippen molar-refractivity contribution >= 4 is 17.3 Å². The molecule has 3 nitrogen and oxygen atoms in total. The Bertz CT molecular complexity index is 251. The lowest BCUT2D eigenvalue weighted by Gasteiger charge is -2.40. The van der Waals surface area contributed by atoms with E-state index in [-0.39, 0.29) is 23.8 Å². The topological polar surface area (TPSA) is 51.2 Å². The summed E-state index contributed by atoms with van der Waals surface area (Å²) in [6.45, 7) is 0. The molecule has 2 aliphatic rings. The molecule has 12 heavy (non-hydrogen) atoms. The first-order chi connectivity index (χ1) is 5.65. The number of rotatable bonds is 0. The number of carbonyl (C=O) groups is 3. The van der Waals surface area contributed by atoms with Crippen LogP contribution in [0.15, 0.2) is 0 Å². The molecule has 2 aliphatic carbocycles. The van der Waals surface area contributed by atoms with Gasteiger partial charge in [0.2, 0.25) is 0 Å². The van der Waals surface area contributed by atoms with Gasteiger partial charge in [0.15, 0.2) is 11.6 Å². The molecule has 0 aromatic rings. The van der Waals surface area contributed by atoms with E-state index in [4.69, 9.17) is 0 Å². The molecular weight excluding hydrogens is 156 g/mol. The Labute approximate surface area is 70.1 Å². The van der Waals surface area contributed by atoms with Crippen LogP contribution < -0.4 is 0 Å². The van der Waals surface area contributed by atoms with E-state index in [9.17, 15) is 14.4 Å². The third-order valence-electron chi connectivity index (χ3n) is 3.05. The van der Waals surface area contributed by atoms with Gasteiger partial charge in [0, 0.05) is 12.8 Å². The molecule has 0 atom stereocenters. The van der Waals surface area contributed by atoms with E-state index >= 15 is 0 Å². The van der Waals surface area contributed by atoms with Crippen LogP contribution in [0.25, 0.3) is 0 Å². The molecule has 0 aliphatic heterocycles. The highest BCUT2D eigenvalue weighted by atomic mass is 16.2. The Balaban J connectivity index is 2.17. The third-order valence-corrected chi connectivity index (χ3v) is 3.05. The summed E-state index contributed by atoms with van der Waals surface area (Å²) in [5, 5.41) is 0. The van der Waals surface area contributed by atoms with Crippen molar-refractivity contribution in [2.75, 3.05) is 0 Å². The number of Topliss-reactive ketones (excluding diaryl/α,β-unsaturated/α-hetero) is 3. The Morgan fingerprint density at radius 3 is 1.83 bits per heavy atom. The van der Waals surface area contributed by atoms with Crippen LogP contribution >= 0.6 is 0 Å². The summed E-state index contributed by atoms with van der Waals surface area (Å²) in [5.74, 6) is 0.299. The van der Waals surface area contributed by atoms with Gasteiger partial charge in [0.1, 0.15) is 5.78 Å². The molecule has 0 saturated heterocycles. The molecule has 3 heteroatoms. The normalized spacial score (nSPS) is 27.5. The molecular formula is C9H10O3. The Kier molecular flexibility index (Phi) is 1.43. The number of carbonyl (C=O) groups excluding carboxylic acids is 3. The zero-order valence-corrected chi connectivity index (χ0v) is 6.76. The molecule has 0 radical (unpaired) electrons. The van der Waals surface area contributed by atoms with E-state index in [1.807, 2.05) is 0 Å². The van der Waals surface area contributed by atoms with Crippen LogP contribution in [0.5, 0.6) is 0 Å². The van der Waals surface area contributed by atoms with Gasteiger partial charge in [-0.05, 0) is 12.8 Å². The Hall–Kier alpha value is -0.990. The average Bonchev–Trinajstić information content (AvgIpc) is 2.06. The molecule has 2 rings (SSSR count). The van der Waals surface area contributed by atoms with Gasteiger partial charge >= 0.3 is 0 Å². The fourth-order valence-corrected chi connectivity index (χ4v) is 2.05. The van der Waals surface area contributed by atoms with E-state index < -0.39 is 5.41 Å². The van der Waals surface area contributed by atoms with Crippen molar-refractivity contribution in [3.8, 4) is 0 Å². The lowest BCUT2D eigenvalue weighted by atomic mass is 9.59. The van der Waals surface area contributed by atoms with Crippen molar-refractivity contribution in [3.05, 3.63) is 0 Å².